The number of piperidine rings is 1. The molecule has 2 aliphatic rings. The molecule has 7 heteroatoms. The van der Waals surface area contributed by atoms with Gasteiger partial charge in [0, 0.05) is 23.8 Å². The second kappa shape index (κ2) is 7.64. The van der Waals surface area contributed by atoms with Crippen molar-refractivity contribution in [3.05, 3.63) is 28.8 Å². The fourth-order valence-corrected chi connectivity index (χ4v) is 5.77. The largest absolute Gasteiger partial charge is 0.311 e. The maximum absolute atomic E-state index is 13.2. The zero-order chi connectivity index (χ0) is 18.0. The Kier molecular flexibility index (Phi) is 5.71. The first kappa shape index (κ1) is 18.7. The summed E-state index contributed by atoms with van der Waals surface area (Å²) in [4.78, 5) is 15.0. The van der Waals surface area contributed by atoms with Crippen molar-refractivity contribution in [2.24, 2.45) is 0 Å². The highest BCUT2D eigenvalue weighted by Gasteiger charge is 2.39. The van der Waals surface area contributed by atoms with Gasteiger partial charge in [-0.3, -0.25) is 4.79 Å². The van der Waals surface area contributed by atoms with Crippen LogP contribution in [-0.4, -0.2) is 43.5 Å². The summed E-state index contributed by atoms with van der Waals surface area (Å²) in [5.41, 5.74) is 1.94. The van der Waals surface area contributed by atoms with E-state index in [0.29, 0.717) is 31.0 Å². The van der Waals surface area contributed by atoms with Crippen molar-refractivity contribution in [2.75, 3.05) is 23.7 Å². The highest BCUT2D eigenvalue weighted by molar-refractivity contribution is 7.89. The van der Waals surface area contributed by atoms with Crippen LogP contribution in [0.1, 0.15) is 44.6 Å². The van der Waals surface area contributed by atoms with Gasteiger partial charge in [-0.1, -0.05) is 24.9 Å². The lowest BCUT2D eigenvalue weighted by Gasteiger charge is -2.38. The lowest BCUT2D eigenvalue weighted by atomic mass is 9.98. The van der Waals surface area contributed by atoms with Crippen LogP contribution in [0.2, 0.25) is 5.02 Å². The Balaban J connectivity index is 1.89. The summed E-state index contributed by atoms with van der Waals surface area (Å²) in [5, 5.41) is 0.665. The van der Waals surface area contributed by atoms with Crippen LogP contribution in [0, 0.1) is 0 Å². The highest BCUT2D eigenvalue weighted by Crippen LogP contribution is 2.32. The van der Waals surface area contributed by atoms with Crippen LogP contribution in [0.15, 0.2) is 18.2 Å². The third kappa shape index (κ3) is 3.86. The second-order valence-electron chi connectivity index (χ2n) is 6.80. The van der Waals surface area contributed by atoms with Gasteiger partial charge < -0.3 is 4.90 Å². The zero-order valence-electron chi connectivity index (χ0n) is 14.6. The molecule has 0 aromatic heterocycles. The molecule has 1 unspecified atom stereocenters. The molecular weight excluding hydrogens is 360 g/mol. The summed E-state index contributed by atoms with van der Waals surface area (Å²) in [5.74, 6) is 0.00541. The van der Waals surface area contributed by atoms with Gasteiger partial charge in [-0.15, -0.1) is 0 Å². The van der Waals surface area contributed by atoms with E-state index in [4.69, 9.17) is 11.6 Å². The number of amides is 1. The number of rotatable bonds is 4. The second-order valence-corrected chi connectivity index (χ2v) is 9.28. The highest BCUT2D eigenvalue weighted by atomic mass is 35.5. The molecule has 1 amide bonds. The van der Waals surface area contributed by atoms with E-state index >= 15 is 0 Å². The summed E-state index contributed by atoms with van der Waals surface area (Å²) in [6.45, 7) is 2.93. The average molecular weight is 385 g/mol. The van der Waals surface area contributed by atoms with E-state index in [1.807, 2.05) is 19.1 Å². The van der Waals surface area contributed by atoms with E-state index in [2.05, 4.69) is 0 Å². The Morgan fingerprint density at radius 1 is 1.24 bits per heavy atom. The summed E-state index contributed by atoms with van der Waals surface area (Å²) in [6, 6.07) is 5.00. The Labute approximate surface area is 155 Å². The van der Waals surface area contributed by atoms with E-state index in [0.717, 1.165) is 36.9 Å². The Bertz CT molecular complexity index is 751. The number of sulfonamides is 1. The SMILES string of the molecule is CCCS(=O)(=O)N1CCCCC1C(=O)N1CCCc2cc(Cl)ccc21. The molecule has 1 aromatic carbocycles. The number of carbonyl (C=O) groups excluding carboxylic acids is 1. The van der Waals surface area contributed by atoms with Crippen LogP contribution < -0.4 is 4.90 Å². The van der Waals surface area contributed by atoms with Gasteiger partial charge in [-0.25, -0.2) is 8.42 Å². The number of carbonyl (C=O) groups is 1. The summed E-state index contributed by atoms with van der Waals surface area (Å²) < 4.78 is 26.7. The molecule has 1 fully saturated rings. The van der Waals surface area contributed by atoms with Gasteiger partial charge >= 0.3 is 0 Å². The van der Waals surface area contributed by atoms with E-state index in [-0.39, 0.29) is 11.7 Å². The van der Waals surface area contributed by atoms with Crippen LogP contribution in [0.4, 0.5) is 5.69 Å². The molecule has 3 rings (SSSR count). The molecule has 0 aliphatic carbocycles. The van der Waals surface area contributed by atoms with Crippen molar-refractivity contribution in [3.8, 4) is 0 Å². The van der Waals surface area contributed by atoms with Crippen LogP contribution in [0.3, 0.4) is 0 Å². The Morgan fingerprint density at radius 2 is 2.04 bits per heavy atom. The number of hydrogen-bond acceptors (Lipinski definition) is 3. The minimum Gasteiger partial charge on any atom is -0.311 e. The minimum atomic E-state index is -3.39. The Morgan fingerprint density at radius 3 is 2.80 bits per heavy atom. The topological polar surface area (TPSA) is 57.7 Å². The van der Waals surface area contributed by atoms with E-state index in [1.54, 1.807) is 11.0 Å². The molecular formula is C18H25ClN2O3S. The van der Waals surface area contributed by atoms with E-state index < -0.39 is 16.1 Å². The maximum atomic E-state index is 13.2. The smallest absolute Gasteiger partial charge is 0.245 e. The predicted molar refractivity (Wildman–Crippen MR) is 101 cm³/mol. The summed E-state index contributed by atoms with van der Waals surface area (Å²) in [6.07, 6.45) is 4.62. The molecule has 1 aromatic rings. The fourth-order valence-electron chi connectivity index (χ4n) is 3.83. The molecule has 2 heterocycles. The first-order valence-corrected chi connectivity index (χ1v) is 11.0. The van der Waals surface area contributed by atoms with Crippen LogP contribution in [-0.2, 0) is 21.2 Å². The van der Waals surface area contributed by atoms with E-state index in [9.17, 15) is 13.2 Å². The van der Waals surface area contributed by atoms with Crippen LogP contribution in [0.25, 0.3) is 0 Å². The monoisotopic (exact) mass is 384 g/mol. The van der Waals surface area contributed by atoms with Crippen molar-refractivity contribution >= 4 is 33.2 Å². The molecule has 0 saturated carbocycles. The number of hydrogen-bond donors (Lipinski definition) is 0. The van der Waals surface area contributed by atoms with Crippen LogP contribution >= 0.6 is 11.6 Å². The number of fused-ring (bicyclic) bond motifs is 1. The van der Waals surface area contributed by atoms with Crippen molar-refractivity contribution in [1.82, 2.24) is 4.31 Å². The summed E-state index contributed by atoms with van der Waals surface area (Å²) in [7, 11) is -3.39. The van der Waals surface area contributed by atoms with Gasteiger partial charge in [0.1, 0.15) is 6.04 Å². The summed E-state index contributed by atoms with van der Waals surface area (Å²) >= 11 is 6.08. The molecule has 1 saturated heterocycles. The predicted octanol–water partition coefficient (Wildman–Crippen LogP) is 3.21. The Hall–Kier alpha value is -1.11. The molecule has 1 atom stereocenters. The lowest BCUT2D eigenvalue weighted by molar-refractivity contribution is -0.123. The molecule has 0 bridgehead atoms. The zero-order valence-corrected chi connectivity index (χ0v) is 16.2. The van der Waals surface area contributed by atoms with Gasteiger partial charge in [-0.05, 0) is 55.9 Å². The van der Waals surface area contributed by atoms with Crippen molar-refractivity contribution in [3.63, 3.8) is 0 Å². The average Bonchev–Trinajstić information content (AvgIpc) is 2.60. The van der Waals surface area contributed by atoms with Crippen molar-refractivity contribution < 1.29 is 13.2 Å². The molecule has 2 aliphatic heterocycles. The normalized spacial score (nSPS) is 21.8. The third-order valence-electron chi connectivity index (χ3n) is 4.98. The van der Waals surface area contributed by atoms with Gasteiger partial charge in [0.25, 0.3) is 0 Å². The molecule has 0 spiro atoms. The molecule has 138 valence electrons. The number of anilines is 1. The number of benzene rings is 1. The first-order valence-electron chi connectivity index (χ1n) is 9.03. The molecule has 0 radical (unpaired) electrons. The molecule has 5 nitrogen and oxygen atoms in total. The van der Waals surface area contributed by atoms with Gasteiger partial charge in [0.15, 0.2) is 0 Å². The third-order valence-corrected chi connectivity index (χ3v) is 7.30. The number of nitrogens with zero attached hydrogens (tertiary/aromatic N) is 2. The van der Waals surface area contributed by atoms with Crippen molar-refractivity contribution in [2.45, 2.75) is 51.5 Å². The fraction of sp³-hybridized carbons (Fsp3) is 0.611. The van der Waals surface area contributed by atoms with Crippen molar-refractivity contribution in [1.29, 1.82) is 0 Å². The standard InChI is InChI=1S/C18H25ClN2O3S/c1-2-12-25(23,24)21-11-4-3-7-17(21)18(22)20-10-5-6-14-13-15(19)8-9-16(14)20/h8-9,13,17H,2-7,10-12H2,1H3. The molecule has 0 N–H and O–H groups in total. The van der Waals surface area contributed by atoms with Gasteiger partial charge in [-0.2, -0.15) is 4.31 Å². The van der Waals surface area contributed by atoms with Crippen LogP contribution in [0.5, 0.6) is 0 Å². The lowest BCUT2D eigenvalue weighted by Crippen LogP contribution is -2.54. The van der Waals surface area contributed by atoms with E-state index in [1.165, 1.54) is 4.31 Å². The first-order chi connectivity index (χ1) is 11.9. The number of halogens is 1. The van der Waals surface area contributed by atoms with Gasteiger partial charge in [0.2, 0.25) is 15.9 Å². The minimum absolute atomic E-state index is 0.0948. The maximum Gasteiger partial charge on any atom is 0.245 e. The molecule has 25 heavy (non-hydrogen) atoms. The number of aryl methyl sites for hydroxylation is 1. The quantitative estimate of drug-likeness (QED) is 0.800. The van der Waals surface area contributed by atoms with Gasteiger partial charge in [0.05, 0.1) is 5.75 Å².